The van der Waals surface area contributed by atoms with E-state index in [2.05, 4.69) is 0 Å². The first-order chi connectivity index (χ1) is 17.9. The van der Waals surface area contributed by atoms with Crippen LogP contribution in [-0.4, -0.2) is 80.6 Å². The number of nitrogens with two attached hydrogens (primary N) is 1. The van der Waals surface area contributed by atoms with Crippen molar-refractivity contribution in [1.82, 2.24) is 4.90 Å². The van der Waals surface area contributed by atoms with Gasteiger partial charge in [-0.2, -0.15) is 0 Å². The number of hydrogen-bond donors (Lipinski definition) is 5. The van der Waals surface area contributed by atoms with Crippen LogP contribution in [0.3, 0.4) is 0 Å². The number of likely N-dealkylation sites (N-methyl/N-ethyl adjacent to an activating group) is 1. The average Bonchev–Trinajstić information content (AvgIpc) is 2.79. The zero-order chi connectivity index (χ0) is 29.5. The molecule has 1 saturated carbocycles. The van der Waals surface area contributed by atoms with Crippen molar-refractivity contribution in [3.63, 3.8) is 0 Å². The van der Waals surface area contributed by atoms with Crippen molar-refractivity contribution in [3.05, 3.63) is 45.7 Å². The zero-order valence-corrected chi connectivity index (χ0v) is 22.9. The minimum absolute atomic E-state index is 0.0206. The summed E-state index contributed by atoms with van der Waals surface area (Å²) in [6.45, 7) is 8.40. The van der Waals surface area contributed by atoms with Crippen molar-refractivity contribution in [2.75, 3.05) is 14.1 Å². The minimum atomic E-state index is -2.96. The highest BCUT2D eigenvalue weighted by molar-refractivity contribution is 6.24. The number of carbonyl (C=O) groups is 4. The first-order valence-electron chi connectivity index (χ1n) is 12.6. The van der Waals surface area contributed by atoms with Crippen molar-refractivity contribution in [3.8, 4) is 5.75 Å². The number of carbonyl (C=O) groups excluding carboxylic acids is 4. The summed E-state index contributed by atoms with van der Waals surface area (Å²) in [4.78, 5) is 53.5. The Kier molecular flexibility index (Phi) is 6.48. The maximum atomic E-state index is 14.2. The van der Waals surface area contributed by atoms with E-state index < -0.39 is 87.0 Å². The van der Waals surface area contributed by atoms with Crippen LogP contribution in [0.2, 0.25) is 0 Å². The lowest BCUT2D eigenvalue weighted by molar-refractivity contribution is -0.184. The summed E-state index contributed by atoms with van der Waals surface area (Å²) in [6, 6.07) is 2.02. The molecular weight excluding hydrogens is 508 g/mol. The topological polar surface area (TPSA) is 188 Å². The van der Waals surface area contributed by atoms with Crippen LogP contribution in [0, 0.1) is 11.8 Å². The number of benzene rings is 1. The molecule has 0 aromatic heterocycles. The standard InChI is InChI=1S/C28H34N2O9/c1-10-12-8-9-13(27(3,4)5)20(32)15(12)21(33)16-14(10)23(39-11(2)31)18-19(30(6)7)22(34)17(26(29)37)25(36)28(18,38)24(16)35/h8-10,14,18-19,23,32-33,36,38H,1-7H3,(H2,29,37)/t10-,14+,18+,19-,23-,28-/m1/s1. The Morgan fingerprint density at radius 3 is 2.18 bits per heavy atom. The Morgan fingerprint density at radius 1 is 1.10 bits per heavy atom. The van der Waals surface area contributed by atoms with E-state index in [1.807, 2.05) is 20.8 Å². The van der Waals surface area contributed by atoms with E-state index in [4.69, 9.17) is 10.5 Å². The SMILES string of the molecule is CC(=O)O[C@@H]1[C@@H]2C(=C(O)c3c(ccc(C(C)(C)C)c3O)[C@H]2C)C(=O)[C@@]2(O)C(O)=C(C(N)=O)C(=O)[C@H](N(C)C)[C@@H]12. The third-order valence-electron chi connectivity index (χ3n) is 8.21. The summed E-state index contributed by atoms with van der Waals surface area (Å²) < 4.78 is 5.67. The summed E-state index contributed by atoms with van der Waals surface area (Å²) in [6.07, 6.45) is -1.41. The summed E-state index contributed by atoms with van der Waals surface area (Å²) in [5.74, 6) is -9.77. The second kappa shape index (κ2) is 8.92. The molecule has 0 aliphatic heterocycles. The summed E-state index contributed by atoms with van der Waals surface area (Å²) in [7, 11) is 2.93. The lowest BCUT2D eigenvalue weighted by Crippen LogP contribution is -2.71. The number of Topliss-reactive ketones (excluding diaryl/α,β-unsaturated/α-hetero) is 2. The van der Waals surface area contributed by atoms with Crippen molar-refractivity contribution >= 4 is 29.2 Å². The number of phenols is 1. The first kappa shape index (κ1) is 28.3. The first-order valence-corrected chi connectivity index (χ1v) is 12.6. The van der Waals surface area contributed by atoms with Crippen LogP contribution in [-0.2, 0) is 29.3 Å². The van der Waals surface area contributed by atoms with E-state index in [-0.39, 0.29) is 11.3 Å². The van der Waals surface area contributed by atoms with Gasteiger partial charge in [-0.1, -0.05) is 39.8 Å². The normalized spacial score (nSPS) is 30.6. The van der Waals surface area contributed by atoms with Gasteiger partial charge >= 0.3 is 5.97 Å². The van der Waals surface area contributed by atoms with Gasteiger partial charge in [-0.05, 0) is 31.0 Å². The van der Waals surface area contributed by atoms with Crippen LogP contribution in [0.1, 0.15) is 57.2 Å². The molecule has 1 aromatic rings. The molecule has 1 amide bonds. The lowest BCUT2D eigenvalue weighted by Gasteiger charge is -2.54. The molecule has 11 heteroatoms. The molecule has 0 bridgehead atoms. The minimum Gasteiger partial charge on any atom is -0.508 e. The molecule has 0 saturated heterocycles. The zero-order valence-electron chi connectivity index (χ0n) is 22.9. The van der Waals surface area contributed by atoms with Gasteiger partial charge in [0.25, 0.3) is 5.91 Å². The monoisotopic (exact) mass is 542 g/mol. The number of phenolic OH excluding ortho intramolecular Hbond substituents is 1. The molecule has 39 heavy (non-hydrogen) atoms. The Hall–Kier alpha value is -3.70. The number of amides is 1. The number of fused-ring (bicyclic) bond motifs is 3. The van der Waals surface area contributed by atoms with Gasteiger partial charge in [-0.25, -0.2) is 0 Å². The predicted molar refractivity (Wildman–Crippen MR) is 139 cm³/mol. The average molecular weight is 543 g/mol. The molecule has 3 aliphatic rings. The summed E-state index contributed by atoms with van der Waals surface area (Å²) >= 11 is 0. The van der Waals surface area contributed by atoms with Gasteiger partial charge in [-0.3, -0.25) is 24.1 Å². The quantitative estimate of drug-likeness (QED) is 0.276. The van der Waals surface area contributed by atoms with Gasteiger partial charge in [0.05, 0.1) is 17.5 Å². The molecule has 0 heterocycles. The number of esters is 1. The van der Waals surface area contributed by atoms with Crippen LogP contribution in [0.25, 0.3) is 5.76 Å². The van der Waals surface area contributed by atoms with Gasteiger partial charge in [-0.15, -0.1) is 0 Å². The van der Waals surface area contributed by atoms with Crippen LogP contribution in [0.15, 0.2) is 29.0 Å². The molecule has 6 N–H and O–H groups in total. The highest BCUT2D eigenvalue weighted by Gasteiger charge is 2.69. The van der Waals surface area contributed by atoms with Gasteiger partial charge < -0.3 is 30.9 Å². The fourth-order valence-electron chi connectivity index (χ4n) is 6.53. The fourth-order valence-corrected chi connectivity index (χ4v) is 6.53. The molecule has 3 aliphatic carbocycles. The van der Waals surface area contributed by atoms with E-state index in [1.165, 1.54) is 19.0 Å². The third kappa shape index (κ3) is 3.78. The molecule has 0 unspecified atom stereocenters. The van der Waals surface area contributed by atoms with E-state index >= 15 is 0 Å². The number of aromatic hydroxyl groups is 1. The smallest absolute Gasteiger partial charge is 0.302 e. The predicted octanol–water partition coefficient (Wildman–Crippen LogP) is 1.36. The Balaban J connectivity index is 2.13. The number of rotatable bonds is 3. The maximum Gasteiger partial charge on any atom is 0.302 e. The molecular formula is C28H34N2O9. The van der Waals surface area contributed by atoms with Gasteiger partial charge in [0.2, 0.25) is 5.78 Å². The van der Waals surface area contributed by atoms with Gasteiger partial charge in [0.15, 0.2) is 11.4 Å². The largest absolute Gasteiger partial charge is 0.508 e. The molecule has 0 radical (unpaired) electrons. The van der Waals surface area contributed by atoms with Crippen LogP contribution in [0.4, 0.5) is 0 Å². The molecule has 6 atom stereocenters. The van der Waals surface area contributed by atoms with E-state index in [0.29, 0.717) is 11.1 Å². The molecule has 1 fully saturated rings. The second-order valence-corrected chi connectivity index (χ2v) is 11.8. The van der Waals surface area contributed by atoms with Crippen LogP contribution in [0.5, 0.6) is 5.75 Å². The van der Waals surface area contributed by atoms with Crippen molar-refractivity contribution in [2.45, 2.75) is 63.7 Å². The fraction of sp³-hybridized carbons (Fsp3) is 0.500. The number of aliphatic hydroxyl groups is 3. The molecule has 1 aromatic carbocycles. The van der Waals surface area contributed by atoms with Crippen LogP contribution < -0.4 is 5.73 Å². The van der Waals surface area contributed by atoms with Crippen LogP contribution >= 0.6 is 0 Å². The van der Waals surface area contributed by atoms with E-state index in [0.717, 1.165) is 6.92 Å². The number of aliphatic hydroxyl groups excluding tert-OH is 2. The summed E-state index contributed by atoms with van der Waals surface area (Å²) in [5, 5.41) is 45.8. The Labute approximate surface area is 225 Å². The van der Waals surface area contributed by atoms with E-state index in [9.17, 15) is 39.6 Å². The van der Waals surface area contributed by atoms with Gasteiger partial charge in [0, 0.05) is 24.0 Å². The van der Waals surface area contributed by atoms with E-state index in [1.54, 1.807) is 19.1 Å². The number of nitrogens with zero attached hydrogens (tertiary/aromatic N) is 1. The molecule has 0 spiro atoms. The number of ketones is 2. The highest BCUT2D eigenvalue weighted by atomic mass is 16.5. The number of primary amides is 1. The number of hydrogen-bond acceptors (Lipinski definition) is 10. The third-order valence-corrected chi connectivity index (χ3v) is 8.21. The van der Waals surface area contributed by atoms with Crippen molar-refractivity contribution < 1.29 is 44.3 Å². The number of ether oxygens (including phenoxy) is 1. The Morgan fingerprint density at radius 2 is 1.69 bits per heavy atom. The lowest BCUT2D eigenvalue weighted by atomic mass is 9.54. The maximum absolute atomic E-state index is 14.2. The molecule has 210 valence electrons. The van der Waals surface area contributed by atoms with Crippen molar-refractivity contribution in [1.29, 1.82) is 0 Å². The Bertz CT molecular complexity index is 1380. The summed E-state index contributed by atoms with van der Waals surface area (Å²) in [5.41, 5.74) is 1.46. The second-order valence-electron chi connectivity index (χ2n) is 11.8. The van der Waals surface area contributed by atoms with Gasteiger partial charge in [0.1, 0.15) is 28.9 Å². The van der Waals surface area contributed by atoms with Crippen molar-refractivity contribution in [2.24, 2.45) is 17.6 Å². The molecule has 11 nitrogen and oxygen atoms in total. The highest BCUT2D eigenvalue weighted by Crippen LogP contribution is 2.57. The molecule has 4 rings (SSSR count).